The molecule has 0 aromatic heterocycles. The number of piperidine rings is 1. The molecule has 2 aliphatic heterocycles. The minimum atomic E-state index is -1.46. The third-order valence-electron chi connectivity index (χ3n) is 5.03. The molecular weight excluding hydrogens is 316 g/mol. The van der Waals surface area contributed by atoms with Gasteiger partial charge in [-0.25, -0.2) is 4.79 Å². The highest BCUT2D eigenvalue weighted by atomic mass is 16.6. The number of Topliss-reactive ketones (excluding diaryl/α,β-unsaturated/α-hetero) is 1. The Balaban J connectivity index is 1.80. The smallest absolute Gasteiger partial charge is 0.410 e. The normalized spacial score (nSPS) is 26.7. The monoisotopic (exact) mass is 338 g/mol. The van der Waals surface area contributed by atoms with Crippen molar-refractivity contribution >= 4 is 23.8 Å². The fourth-order valence-electron chi connectivity index (χ4n) is 3.64. The molecule has 1 aliphatic carbocycles. The van der Waals surface area contributed by atoms with Gasteiger partial charge in [-0.3, -0.25) is 14.4 Å². The summed E-state index contributed by atoms with van der Waals surface area (Å²) in [5.41, 5.74) is -2.18. The first-order valence-electron chi connectivity index (χ1n) is 7.97. The molecule has 3 rings (SSSR count). The molecule has 3 aliphatic rings. The van der Waals surface area contributed by atoms with Gasteiger partial charge in [-0.05, 0) is 33.6 Å². The van der Waals surface area contributed by atoms with Gasteiger partial charge >= 0.3 is 12.1 Å². The van der Waals surface area contributed by atoms with Crippen molar-refractivity contribution < 1.29 is 28.7 Å². The van der Waals surface area contributed by atoms with E-state index in [0.717, 1.165) is 7.11 Å². The first-order valence-corrected chi connectivity index (χ1v) is 7.97. The standard InChI is InChI=1S/C16H22N2O6/c1-14(2,3)24-13(22)18-7-15(8-18)10(19)9(12(21)23-4)11(20)17-16(15)5-6-16/h9H,5-8H2,1-4H3,(H,17,20). The first kappa shape index (κ1) is 16.7. The predicted octanol–water partition coefficient (Wildman–Crippen LogP) is 0.244. The summed E-state index contributed by atoms with van der Waals surface area (Å²) in [4.78, 5) is 50.5. The van der Waals surface area contributed by atoms with Crippen LogP contribution in [-0.4, -0.2) is 60.0 Å². The molecule has 1 N–H and O–H groups in total. The topological polar surface area (TPSA) is 102 Å². The molecule has 2 saturated heterocycles. The summed E-state index contributed by atoms with van der Waals surface area (Å²) >= 11 is 0. The Kier molecular flexibility index (Phi) is 3.44. The summed E-state index contributed by atoms with van der Waals surface area (Å²) in [6, 6.07) is 0. The molecule has 1 atom stereocenters. The van der Waals surface area contributed by atoms with Crippen LogP contribution in [0.25, 0.3) is 0 Å². The Morgan fingerprint density at radius 2 is 1.79 bits per heavy atom. The number of esters is 1. The molecule has 1 saturated carbocycles. The van der Waals surface area contributed by atoms with Crippen molar-refractivity contribution in [3.8, 4) is 0 Å². The average molecular weight is 338 g/mol. The number of ether oxygens (including phenoxy) is 2. The predicted molar refractivity (Wildman–Crippen MR) is 80.9 cm³/mol. The van der Waals surface area contributed by atoms with E-state index in [2.05, 4.69) is 10.1 Å². The maximum absolute atomic E-state index is 12.9. The van der Waals surface area contributed by atoms with Crippen molar-refractivity contribution in [2.75, 3.05) is 20.2 Å². The van der Waals surface area contributed by atoms with Gasteiger partial charge in [-0.2, -0.15) is 0 Å². The lowest BCUT2D eigenvalue weighted by Gasteiger charge is -2.56. The maximum Gasteiger partial charge on any atom is 0.410 e. The van der Waals surface area contributed by atoms with Crippen LogP contribution >= 0.6 is 0 Å². The Morgan fingerprint density at radius 3 is 2.25 bits per heavy atom. The zero-order chi connectivity index (χ0) is 17.9. The van der Waals surface area contributed by atoms with Gasteiger partial charge in [0, 0.05) is 13.1 Å². The molecule has 0 radical (unpaired) electrons. The van der Waals surface area contributed by atoms with E-state index in [0.29, 0.717) is 12.8 Å². The molecule has 132 valence electrons. The lowest BCUT2D eigenvalue weighted by Crippen LogP contribution is -2.77. The zero-order valence-corrected chi connectivity index (χ0v) is 14.3. The average Bonchev–Trinajstić information content (AvgIpc) is 3.14. The van der Waals surface area contributed by atoms with Gasteiger partial charge in [0.1, 0.15) is 5.60 Å². The van der Waals surface area contributed by atoms with Crippen LogP contribution in [0.5, 0.6) is 0 Å². The summed E-state index contributed by atoms with van der Waals surface area (Å²) in [6.45, 7) is 5.59. The maximum atomic E-state index is 12.9. The number of nitrogens with one attached hydrogen (secondary N) is 1. The van der Waals surface area contributed by atoms with E-state index in [1.807, 2.05) is 0 Å². The molecule has 0 aromatic carbocycles. The number of methoxy groups -OCH3 is 1. The van der Waals surface area contributed by atoms with Crippen LogP contribution in [0.4, 0.5) is 4.79 Å². The van der Waals surface area contributed by atoms with Gasteiger partial charge in [0.15, 0.2) is 11.7 Å². The van der Waals surface area contributed by atoms with Crippen LogP contribution in [0.15, 0.2) is 0 Å². The number of hydrogen-bond acceptors (Lipinski definition) is 6. The van der Waals surface area contributed by atoms with E-state index in [-0.39, 0.29) is 13.1 Å². The summed E-state index contributed by atoms with van der Waals surface area (Å²) in [6.07, 6.45) is 0.837. The van der Waals surface area contributed by atoms with E-state index in [4.69, 9.17) is 4.74 Å². The number of hydrogen-bond donors (Lipinski definition) is 1. The lowest BCUT2D eigenvalue weighted by molar-refractivity contribution is -0.169. The molecule has 2 spiro atoms. The molecule has 8 nitrogen and oxygen atoms in total. The van der Waals surface area contributed by atoms with Gasteiger partial charge in [-0.1, -0.05) is 0 Å². The summed E-state index contributed by atoms with van der Waals surface area (Å²) < 4.78 is 9.91. The molecule has 3 fully saturated rings. The van der Waals surface area contributed by atoms with E-state index in [9.17, 15) is 19.2 Å². The van der Waals surface area contributed by atoms with E-state index in [1.54, 1.807) is 20.8 Å². The molecule has 1 unspecified atom stereocenters. The minimum Gasteiger partial charge on any atom is -0.468 e. The van der Waals surface area contributed by atoms with Crippen LogP contribution in [0.3, 0.4) is 0 Å². The Morgan fingerprint density at radius 1 is 1.21 bits per heavy atom. The summed E-state index contributed by atoms with van der Waals surface area (Å²) in [7, 11) is 1.14. The Bertz CT molecular complexity index is 625. The van der Waals surface area contributed by atoms with Crippen LogP contribution in [-0.2, 0) is 23.9 Å². The Hall–Kier alpha value is -2.12. The number of ketones is 1. The van der Waals surface area contributed by atoms with Gasteiger partial charge in [-0.15, -0.1) is 0 Å². The van der Waals surface area contributed by atoms with Crippen LogP contribution in [0.2, 0.25) is 0 Å². The van der Waals surface area contributed by atoms with Crippen molar-refractivity contribution in [2.24, 2.45) is 11.3 Å². The number of carbonyl (C=O) groups is 4. The minimum absolute atomic E-state index is 0.147. The fourth-order valence-corrected chi connectivity index (χ4v) is 3.64. The number of nitrogens with zero attached hydrogens (tertiary/aromatic N) is 1. The Labute approximate surface area is 139 Å². The second-order valence-electron chi connectivity index (χ2n) is 7.81. The van der Waals surface area contributed by atoms with E-state index >= 15 is 0 Å². The fraction of sp³-hybridized carbons (Fsp3) is 0.750. The molecule has 0 bridgehead atoms. The van der Waals surface area contributed by atoms with Crippen molar-refractivity contribution in [2.45, 2.75) is 44.8 Å². The molecule has 8 heteroatoms. The number of amides is 2. The van der Waals surface area contributed by atoms with Crippen molar-refractivity contribution in [1.29, 1.82) is 0 Å². The van der Waals surface area contributed by atoms with E-state index in [1.165, 1.54) is 4.90 Å². The van der Waals surface area contributed by atoms with Gasteiger partial charge in [0.05, 0.1) is 18.1 Å². The summed E-state index contributed by atoms with van der Waals surface area (Å²) in [5.74, 6) is -3.37. The van der Waals surface area contributed by atoms with Gasteiger partial charge < -0.3 is 19.7 Å². The van der Waals surface area contributed by atoms with Gasteiger partial charge in [0.2, 0.25) is 5.91 Å². The molecule has 0 aromatic rings. The first-order chi connectivity index (χ1) is 11.1. The molecule has 2 amide bonds. The largest absolute Gasteiger partial charge is 0.468 e. The second kappa shape index (κ2) is 4.94. The van der Waals surface area contributed by atoms with Crippen molar-refractivity contribution in [3.05, 3.63) is 0 Å². The second-order valence-corrected chi connectivity index (χ2v) is 7.81. The highest BCUT2D eigenvalue weighted by Gasteiger charge is 2.74. The van der Waals surface area contributed by atoms with E-state index < -0.39 is 46.2 Å². The highest BCUT2D eigenvalue weighted by Crippen LogP contribution is 2.58. The molecule has 2 heterocycles. The molecular formula is C16H22N2O6. The number of fused-ring (bicyclic) bond motifs is 1. The van der Waals surface area contributed by atoms with Crippen LogP contribution in [0.1, 0.15) is 33.6 Å². The van der Waals surface area contributed by atoms with Gasteiger partial charge in [0.25, 0.3) is 0 Å². The number of likely N-dealkylation sites (tertiary alicyclic amines) is 1. The molecule has 24 heavy (non-hydrogen) atoms. The van der Waals surface area contributed by atoms with Crippen LogP contribution < -0.4 is 5.32 Å². The third kappa shape index (κ3) is 2.27. The lowest BCUT2D eigenvalue weighted by atomic mass is 9.62. The third-order valence-corrected chi connectivity index (χ3v) is 5.03. The quantitative estimate of drug-likeness (QED) is 0.543. The van der Waals surface area contributed by atoms with Crippen molar-refractivity contribution in [1.82, 2.24) is 10.2 Å². The number of rotatable bonds is 1. The van der Waals surface area contributed by atoms with Crippen molar-refractivity contribution in [3.63, 3.8) is 0 Å². The summed E-state index contributed by atoms with van der Waals surface area (Å²) in [5, 5.41) is 2.82. The highest BCUT2D eigenvalue weighted by molar-refractivity contribution is 6.21. The SMILES string of the molecule is COC(=O)C1C(=O)NC2(CC2)C2(CN(C(=O)OC(C)(C)C)C2)C1=O. The van der Waals surface area contributed by atoms with Crippen LogP contribution in [0, 0.1) is 11.3 Å². The zero-order valence-electron chi connectivity index (χ0n) is 14.3. The number of carbonyl (C=O) groups excluding carboxylic acids is 4.